The molecule has 0 aromatic heterocycles. The Kier molecular flexibility index (Phi) is 6.00. The molecule has 168 valence electrons. The van der Waals surface area contributed by atoms with E-state index in [4.69, 9.17) is 9.47 Å². The first-order valence-corrected chi connectivity index (χ1v) is 11.6. The van der Waals surface area contributed by atoms with Crippen molar-refractivity contribution in [1.82, 2.24) is 19.6 Å². The van der Waals surface area contributed by atoms with Crippen molar-refractivity contribution in [1.29, 1.82) is 0 Å². The molecule has 4 aliphatic heterocycles. The van der Waals surface area contributed by atoms with Crippen molar-refractivity contribution in [2.45, 2.75) is 38.3 Å². The molecule has 4 heterocycles. The topological polar surface area (TPSA) is 65.6 Å². The Balaban J connectivity index is 1.10. The molecule has 3 saturated heterocycles. The molecular weight excluding hydrogens is 396 g/mol. The lowest BCUT2D eigenvalue weighted by atomic mass is 10.0. The summed E-state index contributed by atoms with van der Waals surface area (Å²) in [4.78, 5) is 33.3. The number of amides is 2. The van der Waals surface area contributed by atoms with Crippen LogP contribution in [-0.2, 0) is 16.1 Å². The molecule has 0 aliphatic carbocycles. The lowest BCUT2D eigenvalue weighted by Crippen LogP contribution is -2.56. The Bertz CT molecular complexity index is 824. The van der Waals surface area contributed by atoms with Gasteiger partial charge in [-0.2, -0.15) is 0 Å². The number of nitrogens with zero attached hydrogens (tertiary/aromatic N) is 4. The van der Waals surface area contributed by atoms with Crippen molar-refractivity contribution in [2.24, 2.45) is 0 Å². The van der Waals surface area contributed by atoms with Crippen LogP contribution in [0.4, 0.5) is 0 Å². The van der Waals surface area contributed by atoms with Gasteiger partial charge in [-0.3, -0.25) is 19.4 Å². The Labute approximate surface area is 183 Å². The quantitative estimate of drug-likeness (QED) is 0.701. The van der Waals surface area contributed by atoms with Crippen molar-refractivity contribution in [3.63, 3.8) is 0 Å². The highest BCUT2D eigenvalue weighted by atomic mass is 16.7. The van der Waals surface area contributed by atoms with Crippen LogP contribution >= 0.6 is 0 Å². The van der Waals surface area contributed by atoms with E-state index in [1.807, 2.05) is 11.0 Å². The van der Waals surface area contributed by atoms with E-state index in [0.29, 0.717) is 19.3 Å². The number of benzene rings is 1. The van der Waals surface area contributed by atoms with E-state index in [2.05, 4.69) is 21.9 Å². The second-order valence-electron chi connectivity index (χ2n) is 9.05. The lowest BCUT2D eigenvalue weighted by Gasteiger charge is -2.43. The van der Waals surface area contributed by atoms with Gasteiger partial charge < -0.3 is 19.3 Å². The lowest BCUT2D eigenvalue weighted by molar-refractivity contribution is -0.139. The molecule has 3 fully saturated rings. The average molecular weight is 429 g/mol. The molecule has 2 amide bonds. The molecule has 0 unspecified atom stereocenters. The van der Waals surface area contributed by atoms with Crippen molar-refractivity contribution in [3.8, 4) is 11.5 Å². The molecule has 1 aromatic carbocycles. The summed E-state index contributed by atoms with van der Waals surface area (Å²) in [6, 6.07) is 6.64. The summed E-state index contributed by atoms with van der Waals surface area (Å²) >= 11 is 0. The predicted octanol–water partition coefficient (Wildman–Crippen LogP) is 1.15. The van der Waals surface area contributed by atoms with E-state index >= 15 is 0 Å². The van der Waals surface area contributed by atoms with E-state index < -0.39 is 0 Å². The van der Waals surface area contributed by atoms with Crippen molar-refractivity contribution in [2.75, 3.05) is 59.2 Å². The first kappa shape index (κ1) is 20.6. The van der Waals surface area contributed by atoms with Gasteiger partial charge in [0.05, 0.1) is 6.54 Å². The fraction of sp³-hybridized carbons (Fsp3) is 0.652. The molecule has 1 atom stereocenters. The maximum absolute atomic E-state index is 12.8. The Morgan fingerprint density at radius 1 is 1.00 bits per heavy atom. The fourth-order valence-electron chi connectivity index (χ4n) is 5.20. The molecule has 0 radical (unpaired) electrons. The summed E-state index contributed by atoms with van der Waals surface area (Å²) in [5.41, 5.74) is 1.25. The Morgan fingerprint density at radius 2 is 1.84 bits per heavy atom. The summed E-state index contributed by atoms with van der Waals surface area (Å²) in [6.45, 7) is 7.95. The SMILES string of the molecule is O=C1CCCN1CC(=O)N1CCC[C@H](N2CCN(Cc3ccc4c(c3)OCO4)CC2)C1. The maximum atomic E-state index is 12.8. The number of likely N-dealkylation sites (tertiary alicyclic amines) is 2. The van der Waals surface area contributed by atoms with Gasteiger partial charge in [-0.15, -0.1) is 0 Å². The first-order chi connectivity index (χ1) is 15.2. The smallest absolute Gasteiger partial charge is 0.242 e. The van der Waals surface area contributed by atoms with Crippen molar-refractivity contribution < 1.29 is 19.1 Å². The zero-order valence-electron chi connectivity index (χ0n) is 18.1. The third-order valence-corrected chi connectivity index (χ3v) is 7.01. The van der Waals surface area contributed by atoms with Crippen molar-refractivity contribution >= 4 is 11.8 Å². The van der Waals surface area contributed by atoms with E-state index in [0.717, 1.165) is 83.1 Å². The number of ether oxygens (including phenoxy) is 2. The zero-order chi connectivity index (χ0) is 21.2. The normalized spacial score (nSPS) is 24.8. The summed E-state index contributed by atoms with van der Waals surface area (Å²) in [6.07, 6.45) is 3.66. The molecule has 0 spiro atoms. The van der Waals surface area contributed by atoms with Crippen LogP contribution in [0.2, 0.25) is 0 Å². The molecule has 4 aliphatic rings. The number of rotatable bonds is 5. The standard InChI is InChI=1S/C23H32N4O4/c28-22-4-2-8-27(22)16-23(29)26-7-1-3-19(15-26)25-11-9-24(10-12-25)14-18-5-6-20-21(13-18)31-17-30-20/h5-6,13,19H,1-4,7-12,14-17H2/t19-/m0/s1. The van der Waals surface area contributed by atoms with Gasteiger partial charge in [0, 0.05) is 64.8 Å². The first-order valence-electron chi connectivity index (χ1n) is 11.6. The number of hydrogen-bond donors (Lipinski definition) is 0. The third-order valence-electron chi connectivity index (χ3n) is 7.01. The largest absolute Gasteiger partial charge is 0.454 e. The molecular formula is C23H32N4O4. The van der Waals surface area contributed by atoms with Gasteiger partial charge in [0.2, 0.25) is 18.6 Å². The number of piperidine rings is 1. The molecule has 0 N–H and O–H groups in total. The van der Waals surface area contributed by atoms with Crippen LogP contribution in [-0.4, -0.2) is 96.6 Å². The Morgan fingerprint density at radius 3 is 2.65 bits per heavy atom. The highest BCUT2D eigenvalue weighted by Gasteiger charge is 2.31. The average Bonchev–Trinajstić information content (AvgIpc) is 3.43. The van der Waals surface area contributed by atoms with Gasteiger partial charge in [0.1, 0.15) is 0 Å². The maximum Gasteiger partial charge on any atom is 0.242 e. The summed E-state index contributed by atoms with van der Waals surface area (Å²) in [5.74, 6) is 1.92. The van der Waals surface area contributed by atoms with E-state index in [1.54, 1.807) is 4.90 Å². The summed E-state index contributed by atoms with van der Waals surface area (Å²) < 4.78 is 10.9. The van der Waals surface area contributed by atoms with E-state index in [9.17, 15) is 9.59 Å². The van der Waals surface area contributed by atoms with Crippen LogP contribution in [0, 0.1) is 0 Å². The molecule has 5 rings (SSSR count). The zero-order valence-corrected chi connectivity index (χ0v) is 18.1. The van der Waals surface area contributed by atoms with Gasteiger partial charge in [0.25, 0.3) is 0 Å². The highest BCUT2D eigenvalue weighted by Crippen LogP contribution is 2.33. The second-order valence-corrected chi connectivity index (χ2v) is 9.05. The molecule has 31 heavy (non-hydrogen) atoms. The summed E-state index contributed by atoms with van der Waals surface area (Å²) in [5, 5.41) is 0. The van der Waals surface area contributed by atoms with Gasteiger partial charge in [-0.25, -0.2) is 0 Å². The van der Waals surface area contributed by atoms with E-state index in [-0.39, 0.29) is 18.4 Å². The minimum Gasteiger partial charge on any atom is -0.454 e. The summed E-state index contributed by atoms with van der Waals surface area (Å²) in [7, 11) is 0. The molecule has 8 nitrogen and oxygen atoms in total. The van der Waals surface area contributed by atoms with Crippen LogP contribution < -0.4 is 9.47 Å². The van der Waals surface area contributed by atoms with Crippen LogP contribution in [0.3, 0.4) is 0 Å². The van der Waals surface area contributed by atoms with Gasteiger partial charge in [-0.05, 0) is 37.0 Å². The molecule has 1 aromatic rings. The molecule has 0 bridgehead atoms. The van der Waals surface area contributed by atoms with Gasteiger partial charge >= 0.3 is 0 Å². The molecule has 8 heteroatoms. The van der Waals surface area contributed by atoms with Gasteiger partial charge in [0.15, 0.2) is 11.5 Å². The minimum atomic E-state index is 0.112. The minimum absolute atomic E-state index is 0.112. The monoisotopic (exact) mass is 428 g/mol. The second kappa shape index (κ2) is 9.04. The van der Waals surface area contributed by atoms with Crippen LogP contribution in [0.5, 0.6) is 11.5 Å². The van der Waals surface area contributed by atoms with Gasteiger partial charge in [-0.1, -0.05) is 6.07 Å². The number of fused-ring (bicyclic) bond motifs is 1. The Hall–Kier alpha value is -2.32. The number of hydrogen-bond acceptors (Lipinski definition) is 6. The van der Waals surface area contributed by atoms with E-state index in [1.165, 1.54) is 5.56 Å². The predicted molar refractivity (Wildman–Crippen MR) is 115 cm³/mol. The van der Waals surface area contributed by atoms with Crippen molar-refractivity contribution in [3.05, 3.63) is 23.8 Å². The fourth-order valence-corrected chi connectivity index (χ4v) is 5.20. The third kappa shape index (κ3) is 4.65. The van der Waals surface area contributed by atoms with Crippen LogP contribution in [0.25, 0.3) is 0 Å². The molecule has 0 saturated carbocycles. The van der Waals surface area contributed by atoms with Crippen LogP contribution in [0.15, 0.2) is 18.2 Å². The number of carbonyl (C=O) groups excluding carboxylic acids is 2. The van der Waals surface area contributed by atoms with Crippen LogP contribution in [0.1, 0.15) is 31.2 Å². The number of carbonyl (C=O) groups is 2. The number of piperazine rings is 1. The highest BCUT2D eigenvalue weighted by molar-refractivity contribution is 5.86.